The lowest BCUT2D eigenvalue weighted by Gasteiger charge is -2.11. The second-order valence-electron chi connectivity index (χ2n) is 3.68. The first kappa shape index (κ1) is 21.7. The molecule has 20 heavy (non-hydrogen) atoms. The van der Waals surface area contributed by atoms with Gasteiger partial charge in [0, 0.05) is 6.61 Å². The number of nitrogens with one attached hydrogen (secondary N) is 1. The Morgan fingerprint density at radius 2 is 1.95 bits per heavy atom. The Labute approximate surface area is 134 Å². The fourth-order valence-corrected chi connectivity index (χ4v) is 1.87. The van der Waals surface area contributed by atoms with Crippen LogP contribution in [-0.2, 0) is 34.8 Å². The molecule has 0 aromatic carbocycles. The Bertz CT molecular complexity index is 303. The number of aliphatic hydroxyl groups is 1. The summed E-state index contributed by atoms with van der Waals surface area (Å²) in [5.41, 5.74) is 0. The Kier molecular flexibility index (Phi) is 14.6. The summed E-state index contributed by atoms with van der Waals surface area (Å²) in [7, 11) is 0. The number of nitrogens with zero attached hydrogens (tertiary/aromatic N) is 1. The van der Waals surface area contributed by atoms with Gasteiger partial charge in [-0.3, -0.25) is 4.79 Å². The SMILES string of the molecule is CCCNC(CCO)C(=O)O.O=C(O)C(CS)[N+](=S)[S-]. The van der Waals surface area contributed by atoms with Gasteiger partial charge in [-0.25, -0.2) is 8.15 Å². The van der Waals surface area contributed by atoms with Gasteiger partial charge in [0.25, 0.3) is 6.04 Å². The first-order valence-electron chi connectivity index (χ1n) is 5.85. The molecule has 10 heteroatoms. The lowest BCUT2D eigenvalue weighted by Crippen LogP contribution is -2.37. The van der Waals surface area contributed by atoms with Crippen molar-refractivity contribution in [2.45, 2.75) is 31.8 Å². The van der Waals surface area contributed by atoms with E-state index in [1.54, 1.807) is 0 Å². The molecular weight excluding hydrogens is 324 g/mol. The van der Waals surface area contributed by atoms with Crippen LogP contribution >= 0.6 is 12.6 Å². The minimum atomic E-state index is -1.03. The van der Waals surface area contributed by atoms with Gasteiger partial charge < -0.3 is 20.6 Å². The van der Waals surface area contributed by atoms with Crippen LogP contribution in [0.3, 0.4) is 0 Å². The monoisotopic (exact) mass is 344 g/mol. The largest absolute Gasteiger partial charge is 0.480 e. The lowest BCUT2D eigenvalue weighted by atomic mass is 10.2. The number of carboxylic acids is 2. The van der Waals surface area contributed by atoms with Crippen LogP contribution < -0.4 is 5.32 Å². The molecule has 0 aromatic rings. The van der Waals surface area contributed by atoms with Gasteiger partial charge in [0.15, 0.2) is 0 Å². The molecule has 118 valence electrons. The van der Waals surface area contributed by atoms with E-state index in [4.69, 9.17) is 15.3 Å². The Morgan fingerprint density at radius 3 is 2.15 bits per heavy atom. The van der Waals surface area contributed by atoms with E-state index in [-0.39, 0.29) is 18.8 Å². The lowest BCUT2D eigenvalue weighted by molar-refractivity contribution is -0.348. The molecule has 0 aliphatic carbocycles. The molecular formula is C10H20N2O5S3. The van der Waals surface area contributed by atoms with Crippen molar-refractivity contribution in [2.24, 2.45) is 0 Å². The molecule has 0 amide bonds. The minimum Gasteiger partial charge on any atom is -0.480 e. The molecule has 0 spiro atoms. The highest BCUT2D eigenvalue weighted by atomic mass is 32.2. The zero-order valence-corrected chi connectivity index (χ0v) is 13.6. The predicted octanol–water partition coefficient (Wildman–Crippen LogP) is -0.604. The van der Waals surface area contributed by atoms with Gasteiger partial charge in [-0.05, 0) is 19.4 Å². The molecule has 0 fully saturated rings. The molecule has 4 N–H and O–H groups in total. The van der Waals surface area contributed by atoms with Gasteiger partial charge >= 0.3 is 11.9 Å². The average molecular weight is 344 g/mol. The Morgan fingerprint density at radius 1 is 1.40 bits per heavy atom. The average Bonchev–Trinajstić information content (AvgIpc) is 2.34. The molecule has 0 saturated heterocycles. The summed E-state index contributed by atoms with van der Waals surface area (Å²) in [4.78, 5) is 20.6. The van der Waals surface area contributed by atoms with Crippen LogP contribution in [0.1, 0.15) is 19.8 Å². The van der Waals surface area contributed by atoms with E-state index < -0.39 is 24.0 Å². The minimum absolute atomic E-state index is 0.0896. The summed E-state index contributed by atoms with van der Waals surface area (Å²) < 4.78 is 0.787. The zero-order chi connectivity index (χ0) is 16.1. The van der Waals surface area contributed by atoms with Crippen molar-refractivity contribution in [2.75, 3.05) is 18.9 Å². The molecule has 0 saturated carbocycles. The van der Waals surface area contributed by atoms with Crippen LogP contribution in [0.25, 0.3) is 0 Å². The van der Waals surface area contributed by atoms with Crippen molar-refractivity contribution in [1.29, 1.82) is 0 Å². The molecule has 0 rings (SSSR count). The number of hydrogen-bond acceptors (Lipinski definition) is 7. The maximum atomic E-state index is 10.4. The quantitative estimate of drug-likeness (QED) is 0.214. The van der Waals surface area contributed by atoms with Crippen molar-refractivity contribution < 1.29 is 28.3 Å². The summed E-state index contributed by atoms with van der Waals surface area (Å²) in [5.74, 6) is -1.79. The van der Waals surface area contributed by atoms with Gasteiger partial charge in [0.05, 0.1) is 5.75 Å². The number of hydrogen-bond donors (Lipinski definition) is 5. The van der Waals surface area contributed by atoms with Crippen molar-refractivity contribution in [1.82, 2.24) is 5.32 Å². The number of rotatable bonds is 9. The maximum absolute atomic E-state index is 10.4. The van der Waals surface area contributed by atoms with E-state index >= 15 is 0 Å². The van der Waals surface area contributed by atoms with Crippen LogP contribution in [-0.4, -0.2) is 61.6 Å². The van der Waals surface area contributed by atoms with Crippen LogP contribution in [0.15, 0.2) is 0 Å². The fourth-order valence-electron chi connectivity index (χ4n) is 0.995. The molecule has 2 unspecified atom stereocenters. The van der Waals surface area contributed by atoms with Crippen molar-refractivity contribution in [3.05, 3.63) is 0 Å². The topological polar surface area (TPSA) is 110 Å². The predicted molar refractivity (Wildman–Crippen MR) is 81.7 cm³/mol. The molecule has 0 aromatic heterocycles. The van der Waals surface area contributed by atoms with Crippen molar-refractivity contribution in [3.63, 3.8) is 0 Å². The zero-order valence-electron chi connectivity index (χ0n) is 11.1. The van der Waals surface area contributed by atoms with Crippen molar-refractivity contribution in [3.8, 4) is 0 Å². The fraction of sp³-hybridized carbons (Fsp3) is 0.800. The van der Waals surface area contributed by atoms with Crippen LogP contribution in [0.2, 0.25) is 0 Å². The molecule has 7 nitrogen and oxygen atoms in total. The van der Waals surface area contributed by atoms with E-state index in [1.165, 1.54) is 0 Å². The summed E-state index contributed by atoms with van der Waals surface area (Å²) in [6.45, 7) is 2.55. The highest BCUT2D eigenvalue weighted by Gasteiger charge is 2.20. The summed E-state index contributed by atoms with van der Waals surface area (Å²) >= 11 is 12.5. The molecule has 0 aliphatic heterocycles. The van der Waals surface area contributed by atoms with Gasteiger partial charge in [0.1, 0.15) is 6.04 Å². The smallest absolute Gasteiger partial charge is 0.373 e. The van der Waals surface area contributed by atoms with Crippen LogP contribution in [0.4, 0.5) is 0 Å². The second-order valence-corrected chi connectivity index (χ2v) is 5.06. The van der Waals surface area contributed by atoms with E-state index in [0.29, 0.717) is 6.54 Å². The van der Waals surface area contributed by atoms with Gasteiger partial charge in [0.2, 0.25) is 0 Å². The number of carboxylic acid groups (broad SMARTS) is 2. The highest BCUT2D eigenvalue weighted by Crippen LogP contribution is 1.92. The van der Waals surface area contributed by atoms with E-state index in [9.17, 15) is 9.59 Å². The summed E-state index contributed by atoms with van der Waals surface area (Å²) in [6.07, 6.45) is 1.17. The highest BCUT2D eigenvalue weighted by molar-refractivity contribution is 7.80. The van der Waals surface area contributed by atoms with E-state index in [0.717, 1.165) is 9.77 Å². The van der Waals surface area contributed by atoms with Gasteiger partial charge in [-0.2, -0.15) is 12.6 Å². The third-order valence-corrected chi connectivity index (χ3v) is 2.92. The Balaban J connectivity index is 0. The maximum Gasteiger partial charge on any atom is 0.373 e. The van der Waals surface area contributed by atoms with E-state index in [2.05, 4.69) is 43.2 Å². The summed E-state index contributed by atoms with van der Waals surface area (Å²) in [6, 6.07) is -1.43. The van der Waals surface area contributed by atoms with Gasteiger partial charge in [-0.15, -0.1) is 0 Å². The van der Waals surface area contributed by atoms with Crippen molar-refractivity contribution >= 4 is 49.8 Å². The first-order chi connectivity index (χ1) is 9.31. The molecule has 0 radical (unpaired) electrons. The number of aliphatic hydroxyl groups excluding tert-OH is 1. The first-order valence-corrected chi connectivity index (χ1v) is 7.22. The number of carbonyl (C=O) groups is 2. The number of thiol groups is 1. The number of aliphatic carboxylic acids is 2. The van der Waals surface area contributed by atoms with Gasteiger partial charge in [-0.1, -0.05) is 32.2 Å². The summed E-state index contributed by atoms with van der Waals surface area (Å²) in [5, 5.41) is 28.2. The van der Waals surface area contributed by atoms with Crippen LogP contribution in [0.5, 0.6) is 0 Å². The molecule has 0 heterocycles. The van der Waals surface area contributed by atoms with E-state index in [1.807, 2.05) is 6.92 Å². The molecule has 0 bridgehead atoms. The standard InChI is InChI=1S/C7H15NO3.C3H5NO2S3/c1-2-4-8-6(3-5-9)7(10)11;5-3(6)2(1-7)4(8)9/h6,8-9H,2-5H2,1H3,(H,10,11);2,7H,1H2,(H,5,6). The second kappa shape index (κ2) is 13.4. The molecule has 0 aliphatic rings. The third-order valence-electron chi connectivity index (χ3n) is 2.07. The Hall–Kier alpha value is -0.550. The third kappa shape index (κ3) is 11.3. The molecule has 2 atom stereocenters. The van der Waals surface area contributed by atoms with Crippen LogP contribution in [0, 0.1) is 0 Å². The normalized spacial score (nSPS) is 12.8.